The van der Waals surface area contributed by atoms with Gasteiger partial charge in [0.15, 0.2) is 5.75 Å². The third kappa shape index (κ3) is 3.62. The monoisotopic (exact) mass is 311 g/mol. The lowest BCUT2D eigenvalue weighted by Gasteiger charge is -2.32. The standard InChI is InChI=1S/C16H22ClNO3/c1-3-10-6-4-5-7-14(10)21-15-12(16(19)20-2)8-11(18)9-13(15)17/h8-10,14H,3-7,18H2,1-2H3. The molecule has 2 N–H and O–H groups in total. The number of rotatable bonds is 4. The average molecular weight is 312 g/mol. The van der Waals surface area contributed by atoms with Gasteiger partial charge in [-0.05, 0) is 43.7 Å². The number of hydrogen-bond donors (Lipinski definition) is 1. The first kappa shape index (κ1) is 16.0. The second-order valence-corrected chi connectivity index (χ2v) is 5.89. The Hall–Kier alpha value is -1.42. The molecule has 0 bridgehead atoms. The topological polar surface area (TPSA) is 61.5 Å². The third-order valence-corrected chi connectivity index (χ3v) is 4.38. The maximum absolute atomic E-state index is 11.9. The number of hydrogen-bond acceptors (Lipinski definition) is 4. The van der Waals surface area contributed by atoms with E-state index in [-0.39, 0.29) is 6.10 Å². The molecular formula is C16H22ClNO3. The van der Waals surface area contributed by atoms with Gasteiger partial charge in [0.05, 0.1) is 12.1 Å². The van der Waals surface area contributed by atoms with Crippen LogP contribution in [0.5, 0.6) is 5.75 Å². The van der Waals surface area contributed by atoms with E-state index in [1.165, 1.54) is 13.5 Å². The van der Waals surface area contributed by atoms with Gasteiger partial charge >= 0.3 is 5.97 Å². The summed E-state index contributed by atoms with van der Waals surface area (Å²) in [4.78, 5) is 11.9. The maximum atomic E-state index is 11.9. The number of carbonyl (C=O) groups is 1. The van der Waals surface area contributed by atoms with Crippen LogP contribution in [0.2, 0.25) is 5.02 Å². The van der Waals surface area contributed by atoms with Gasteiger partial charge in [-0.3, -0.25) is 0 Å². The molecule has 2 rings (SSSR count). The van der Waals surface area contributed by atoms with E-state index >= 15 is 0 Å². The van der Waals surface area contributed by atoms with Crippen molar-refractivity contribution < 1.29 is 14.3 Å². The summed E-state index contributed by atoms with van der Waals surface area (Å²) in [6, 6.07) is 3.16. The second-order valence-electron chi connectivity index (χ2n) is 5.48. The van der Waals surface area contributed by atoms with Gasteiger partial charge in [0.1, 0.15) is 11.7 Å². The first-order chi connectivity index (χ1) is 10.1. The zero-order valence-electron chi connectivity index (χ0n) is 12.5. The molecule has 4 nitrogen and oxygen atoms in total. The van der Waals surface area contributed by atoms with Crippen LogP contribution in [0.25, 0.3) is 0 Å². The van der Waals surface area contributed by atoms with Crippen LogP contribution in [-0.4, -0.2) is 19.2 Å². The van der Waals surface area contributed by atoms with E-state index in [1.807, 2.05) is 0 Å². The van der Waals surface area contributed by atoms with Crippen LogP contribution in [0.4, 0.5) is 5.69 Å². The molecule has 1 aromatic rings. The van der Waals surface area contributed by atoms with E-state index in [0.29, 0.717) is 27.9 Å². The lowest BCUT2D eigenvalue weighted by molar-refractivity contribution is 0.0575. The fraction of sp³-hybridized carbons (Fsp3) is 0.562. The van der Waals surface area contributed by atoms with Crippen LogP contribution in [-0.2, 0) is 4.74 Å². The smallest absolute Gasteiger partial charge is 0.341 e. The van der Waals surface area contributed by atoms with Gasteiger partial charge in [-0.2, -0.15) is 0 Å². The molecule has 5 heteroatoms. The summed E-state index contributed by atoms with van der Waals surface area (Å²) < 4.78 is 10.9. The lowest BCUT2D eigenvalue weighted by atomic mass is 9.84. The van der Waals surface area contributed by atoms with E-state index in [2.05, 4.69) is 6.92 Å². The van der Waals surface area contributed by atoms with Crippen LogP contribution < -0.4 is 10.5 Å². The Bertz CT molecular complexity index is 518. The molecular weight excluding hydrogens is 290 g/mol. The molecule has 2 atom stereocenters. The van der Waals surface area contributed by atoms with Crippen LogP contribution in [0, 0.1) is 5.92 Å². The number of esters is 1. The highest BCUT2D eigenvalue weighted by molar-refractivity contribution is 6.33. The fourth-order valence-corrected chi connectivity index (χ4v) is 3.22. The molecule has 0 spiro atoms. The van der Waals surface area contributed by atoms with E-state index < -0.39 is 5.97 Å². The Balaban J connectivity index is 2.31. The van der Waals surface area contributed by atoms with Crippen molar-refractivity contribution in [3.05, 3.63) is 22.7 Å². The summed E-state index contributed by atoms with van der Waals surface area (Å²) in [7, 11) is 1.33. The minimum Gasteiger partial charge on any atom is -0.488 e. The first-order valence-electron chi connectivity index (χ1n) is 7.40. The van der Waals surface area contributed by atoms with E-state index in [1.54, 1.807) is 12.1 Å². The minimum atomic E-state index is -0.483. The Kier molecular flexibility index (Phi) is 5.34. The second kappa shape index (κ2) is 7.03. The molecule has 1 aromatic carbocycles. The largest absolute Gasteiger partial charge is 0.488 e. The molecule has 116 valence electrons. The number of methoxy groups -OCH3 is 1. The fourth-order valence-electron chi connectivity index (χ4n) is 2.94. The van der Waals surface area contributed by atoms with Gasteiger partial charge in [0.25, 0.3) is 0 Å². The number of nitrogen functional groups attached to an aromatic ring is 1. The highest BCUT2D eigenvalue weighted by atomic mass is 35.5. The van der Waals surface area contributed by atoms with Crippen molar-refractivity contribution in [1.82, 2.24) is 0 Å². The van der Waals surface area contributed by atoms with E-state index in [0.717, 1.165) is 25.7 Å². The van der Waals surface area contributed by atoms with Crippen molar-refractivity contribution >= 4 is 23.3 Å². The number of ether oxygens (including phenoxy) is 2. The molecule has 1 saturated carbocycles. The van der Waals surface area contributed by atoms with E-state index in [9.17, 15) is 4.79 Å². The van der Waals surface area contributed by atoms with Crippen molar-refractivity contribution in [2.45, 2.75) is 45.1 Å². The van der Waals surface area contributed by atoms with Crippen LogP contribution in [0.3, 0.4) is 0 Å². The summed E-state index contributed by atoms with van der Waals surface area (Å²) in [5.41, 5.74) is 6.47. The van der Waals surface area contributed by atoms with Crippen LogP contribution >= 0.6 is 11.6 Å². The van der Waals surface area contributed by atoms with Crippen molar-refractivity contribution in [2.24, 2.45) is 5.92 Å². The van der Waals surface area contributed by atoms with Crippen molar-refractivity contribution in [1.29, 1.82) is 0 Å². The maximum Gasteiger partial charge on any atom is 0.341 e. The van der Waals surface area contributed by atoms with Gasteiger partial charge in [-0.25, -0.2) is 4.79 Å². The molecule has 0 radical (unpaired) electrons. The molecule has 21 heavy (non-hydrogen) atoms. The Morgan fingerprint density at radius 1 is 1.38 bits per heavy atom. The number of benzene rings is 1. The summed E-state index contributed by atoms with van der Waals surface area (Å²) in [6.07, 6.45) is 5.67. The van der Waals surface area contributed by atoms with Crippen LogP contribution in [0.1, 0.15) is 49.4 Å². The number of anilines is 1. The van der Waals surface area contributed by atoms with Gasteiger partial charge in [-0.1, -0.05) is 24.9 Å². The van der Waals surface area contributed by atoms with Gasteiger partial charge in [-0.15, -0.1) is 0 Å². The molecule has 0 amide bonds. The Morgan fingerprint density at radius 3 is 2.76 bits per heavy atom. The number of halogens is 1. The quantitative estimate of drug-likeness (QED) is 0.673. The molecule has 1 aliphatic carbocycles. The molecule has 0 heterocycles. The molecule has 0 aliphatic heterocycles. The normalized spacial score (nSPS) is 21.9. The zero-order chi connectivity index (χ0) is 15.4. The number of nitrogens with two attached hydrogens (primary N) is 1. The SMILES string of the molecule is CCC1CCCCC1Oc1c(Cl)cc(N)cc1C(=O)OC. The first-order valence-corrected chi connectivity index (χ1v) is 7.78. The highest BCUT2D eigenvalue weighted by Gasteiger charge is 2.28. The van der Waals surface area contributed by atoms with Crippen molar-refractivity contribution in [2.75, 3.05) is 12.8 Å². The lowest BCUT2D eigenvalue weighted by Crippen LogP contribution is -2.30. The van der Waals surface area contributed by atoms with E-state index in [4.69, 9.17) is 26.8 Å². The van der Waals surface area contributed by atoms with Gasteiger partial charge in [0.2, 0.25) is 0 Å². The van der Waals surface area contributed by atoms with Crippen molar-refractivity contribution in [3.63, 3.8) is 0 Å². The summed E-state index contributed by atoms with van der Waals surface area (Å²) in [5, 5.41) is 0.357. The van der Waals surface area contributed by atoms with Gasteiger partial charge in [0, 0.05) is 5.69 Å². The van der Waals surface area contributed by atoms with Crippen LogP contribution in [0.15, 0.2) is 12.1 Å². The summed E-state index contributed by atoms with van der Waals surface area (Å²) in [5.74, 6) is 0.406. The predicted octanol–water partition coefficient (Wildman–Crippen LogP) is 4.06. The van der Waals surface area contributed by atoms with Gasteiger partial charge < -0.3 is 15.2 Å². The molecule has 2 unspecified atom stereocenters. The minimum absolute atomic E-state index is 0.0910. The summed E-state index contributed by atoms with van der Waals surface area (Å²) in [6.45, 7) is 2.16. The average Bonchev–Trinajstić information content (AvgIpc) is 2.49. The molecule has 0 aromatic heterocycles. The molecule has 1 fully saturated rings. The summed E-state index contributed by atoms with van der Waals surface area (Å²) >= 11 is 6.23. The zero-order valence-corrected chi connectivity index (χ0v) is 13.3. The highest BCUT2D eigenvalue weighted by Crippen LogP contribution is 2.37. The third-order valence-electron chi connectivity index (χ3n) is 4.10. The Morgan fingerprint density at radius 2 is 2.10 bits per heavy atom. The van der Waals surface area contributed by atoms with Crippen molar-refractivity contribution in [3.8, 4) is 5.75 Å². The Labute approximate surface area is 130 Å². The molecule has 0 saturated heterocycles. The predicted molar refractivity (Wildman–Crippen MR) is 83.9 cm³/mol. The molecule has 1 aliphatic rings. The number of carbonyl (C=O) groups excluding carboxylic acids is 1.